The first kappa shape index (κ1) is 13.8. The number of fused-ring (bicyclic) bond motifs is 1. The van der Waals surface area contributed by atoms with Crippen LogP contribution >= 0.6 is 0 Å². The van der Waals surface area contributed by atoms with Crippen LogP contribution in [0, 0.1) is 0 Å². The topological polar surface area (TPSA) is 65.5 Å². The van der Waals surface area contributed by atoms with Crippen molar-refractivity contribution in [1.82, 2.24) is 10.3 Å². The van der Waals surface area contributed by atoms with E-state index in [1.165, 1.54) is 0 Å². The summed E-state index contributed by atoms with van der Waals surface area (Å²) in [6, 6.07) is 9.48. The van der Waals surface area contributed by atoms with Gasteiger partial charge >= 0.3 is 5.97 Å². The number of pyridine rings is 1. The van der Waals surface area contributed by atoms with Gasteiger partial charge in [-0.2, -0.15) is 0 Å². The molecule has 0 bridgehead atoms. The third-order valence-corrected chi connectivity index (χ3v) is 4.17. The fraction of sp³-hybridized carbons (Fsp3) is 0.375. The van der Waals surface area contributed by atoms with Crippen LogP contribution in [0.4, 0.5) is 5.82 Å². The molecule has 5 nitrogen and oxygen atoms in total. The quantitative estimate of drug-likeness (QED) is 0.904. The standard InChI is InChI=1S/C16H19N3O2/c1-19(11-7-9-17-10-8-11)15-6-5-12-13(16(20)21)3-2-4-14(12)18-15/h2-6,11,17H,7-10H2,1H3,(H,20,21). The number of hydrogen-bond donors (Lipinski definition) is 2. The van der Waals surface area contributed by atoms with Gasteiger partial charge in [0.05, 0.1) is 11.1 Å². The van der Waals surface area contributed by atoms with Crippen LogP contribution in [-0.4, -0.2) is 42.2 Å². The van der Waals surface area contributed by atoms with Gasteiger partial charge in [-0.1, -0.05) is 6.07 Å². The monoisotopic (exact) mass is 285 g/mol. The van der Waals surface area contributed by atoms with E-state index in [0.717, 1.165) is 37.3 Å². The Morgan fingerprint density at radius 3 is 2.76 bits per heavy atom. The number of hydrogen-bond acceptors (Lipinski definition) is 4. The van der Waals surface area contributed by atoms with Crippen molar-refractivity contribution in [3.63, 3.8) is 0 Å². The second-order valence-electron chi connectivity index (χ2n) is 5.44. The second kappa shape index (κ2) is 5.69. The first-order valence-corrected chi connectivity index (χ1v) is 7.23. The maximum Gasteiger partial charge on any atom is 0.336 e. The van der Waals surface area contributed by atoms with Crippen LogP contribution in [-0.2, 0) is 0 Å². The average molecular weight is 285 g/mol. The Kier molecular flexibility index (Phi) is 3.75. The lowest BCUT2D eigenvalue weighted by Gasteiger charge is -2.32. The van der Waals surface area contributed by atoms with Gasteiger partial charge in [0, 0.05) is 18.5 Å². The number of nitrogens with zero attached hydrogens (tertiary/aromatic N) is 2. The van der Waals surface area contributed by atoms with Gasteiger partial charge in [0.25, 0.3) is 0 Å². The van der Waals surface area contributed by atoms with Crippen molar-refractivity contribution < 1.29 is 9.90 Å². The molecule has 1 saturated heterocycles. The van der Waals surface area contributed by atoms with E-state index in [2.05, 4.69) is 22.2 Å². The molecule has 1 aromatic carbocycles. The first-order valence-electron chi connectivity index (χ1n) is 7.23. The van der Waals surface area contributed by atoms with Gasteiger partial charge in [0.1, 0.15) is 5.82 Å². The zero-order chi connectivity index (χ0) is 14.8. The Morgan fingerprint density at radius 2 is 2.05 bits per heavy atom. The Hall–Kier alpha value is -2.14. The largest absolute Gasteiger partial charge is 0.478 e. The minimum atomic E-state index is -0.915. The minimum Gasteiger partial charge on any atom is -0.478 e. The smallest absolute Gasteiger partial charge is 0.336 e. The Balaban J connectivity index is 1.95. The molecule has 0 amide bonds. The predicted octanol–water partition coefficient (Wildman–Crippen LogP) is 2.12. The molecular formula is C16H19N3O2. The van der Waals surface area contributed by atoms with Gasteiger partial charge in [-0.3, -0.25) is 0 Å². The normalized spacial score (nSPS) is 16.0. The van der Waals surface area contributed by atoms with E-state index in [4.69, 9.17) is 0 Å². The molecule has 110 valence electrons. The molecule has 1 aliphatic heterocycles. The predicted molar refractivity (Wildman–Crippen MR) is 83.0 cm³/mol. The van der Waals surface area contributed by atoms with E-state index in [0.29, 0.717) is 17.0 Å². The number of carboxylic acids is 1. The SMILES string of the molecule is CN(c1ccc2c(C(=O)O)cccc2n1)C1CCNCC1. The Morgan fingerprint density at radius 1 is 1.29 bits per heavy atom. The van der Waals surface area contributed by atoms with Crippen molar-refractivity contribution in [3.8, 4) is 0 Å². The first-order chi connectivity index (χ1) is 10.2. The summed E-state index contributed by atoms with van der Waals surface area (Å²) in [5.74, 6) is -0.0150. The zero-order valence-electron chi connectivity index (χ0n) is 12.0. The number of nitrogens with one attached hydrogen (secondary N) is 1. The molecule has 0 unspecified atom stereocenters. The number of anilines is 1. The van der Waals surface area contributed by atoms with Gasteiger partial charge < -0.3 is 15.3 Å². The summed E-state index contributed by atoms with van der Waals surface area (Å²) < 4.78 is 0. The molecule has 0 saturated carbocycles. The van der Waals surface area contributed by atoms with Crippen molar-refractivity contribution >= 4 is 22.7 Å². The van der Waals surface area contributed by atoms with Gasteiger partial charge in [-0.25, -0.2) is 9.78 Å². The van der Waals surface area contributed by atoms with Crippen LogP contribution < -0.4 is 10.2 Å². The summed E-state index contributed by atoms with van der Waals surface area (Å²) >= 11 is 0. The summed E-state index contributed by atoms with van der Waals surface area (Å²) in [5.41, 5.74) is 1.03. The maximum absolute atomic E-state index is 11.2. The maximum atomic E-state index is 11.2. The number of carbonyl (C=O) groups is 1. The van der Waals surface area contributed by atoms with Crippen LogP contribution in [0.3, 0.4) is 0 Å². The van der Waals surface area contributed by atoms with E-state index in [-0.39, 0.29) is 0 Å². The molecule has 1 aromatic heterocycles. The van der Waals surface area contributed by atoms with E-state index >= 15 is 0 Å². The lowest BCUT2D eigenvalue weighted by molar-refractivity contribution is 0.0699. The average Bonchev–Trinajstić information content (AvgIpc) is 2.53. The summed E-state index contributed by atoms with van der Waals surface area (Å²) in [6.07, 6.45) is 2.21. The summed E-state index contributed by atoms with van der Waals surface area (Å²) in [7, 11) is 2.06. The molecule has 21 heavy (non-hydrogen) atoms. The van der Waals surface area contributed by atoms with Crippen molar-refractivity contribution in [2.45, 2.75) is 18.9 Å². The molecule has 5 heteroatoms. The van der Waals surface area contributed by atoms with E-state index < -0.39 is 5.97 Å². The van der Waals surface area contributed by atoms with Crippen molar-refractivity contribution in [3.05, 3.63) is 35.9 Å². The highest BCUT2D eigenvalue weighted by atomic mass is 16.4. The molecule has 2 aromatic rings. The van der Waals surface area contributed by atoms with Gasteiger partial charge in [-0.15, -0.1) is 0 Å². The number of aromatic nitrogens is 1. The molecule has 3 rings (SSSR count). The number of rotatable bonds is 3. The molecular weight excluding hydrogens is 266 g/mol. The fourth-order valence-corrected chi connectivity index (χ4v) is 2.91. The van der Waals surface area contributed by atoms with E-state index in [1.54, 1.807) is 12.1 Å². The number of piperidine rings is 1. The van der Waals surface area contributed by atoms with E-state index in [1.807, 2.05) is 18.2 Å². The third-order valence-electron chi connectivity index (χ3n) is 4.17. The molecule has 0 spiro atoms. The van der Waals surface area contributed by atoms with Gasteiger partial charge in [0.15, 0.2) is 0 Å². The molecule has 0 atom stereocenters. The minimum absolute atomic E-state index is 0.302. The van der Waals surface area contributed by atoms with Crippen molar-refractivity contribution in [1.29, 1.82) is 0 Å². The summed E-state index contributed by atoms with van der Waals surface area (Å²) in [4.78, 5) is 18.1. The van der Waals surface area contributed by atoms with Crippen LogP contribution in [0.25, 0.3) is 10.9 Å². The Bertz CT molecular complexity index is 666. The molecule has 2 heterocycles. The lowest BCUT2D eigenvalue weighted by Crippen LogP contribution is -2.41. The highest BCUT2D eigenvalue weighted by Crippen LogP contribution is 2.23. The Labute approximate surface area is 123 Å². The summed E-state index contributed by atoms with van der Waals surface area (Å²) in [6.45, 7) is 2.07. The van der Waals surface area contributed by atoms with Crippen LogP contribution in [0.15, 0.2) is 30.3 Å². The molecule has 0 radical (unpaired) electrons. The van der Waals surface area contributed by atoms with Crippen LogP contribution in [0.2, 0.25) is 0 Å². The highest BCUT2D eigenvalue weighted by Gasteiger charge is 2.19. The molecule has 1 aliphatic rings. The van der Waals surface area contributed by atoms with Gasteiger partial charge in [0.2, 0.25) is 0 Å². The number of carboxylic acid groups (broad SMARTS) is 1. The van der Waals surface area contributed by atoms with Crippen molar-refractivity contribution in [2.24, 2.45) is 0 Å². The summed E-state index contributed by atoms with van der Waals surface area (Å²) in [5, 5.41) is 13.3. The highest BCUT2D eigenvalue weighted by molar-refractivity contribution is 6.02. The van der Waals surface area contributed by atoms with Crippen LogP contribution in [0.5, 0.6) is 0 Å². The molecule has 0 aliphatic carbocycles. The van der Waals surface area contributed by atoms with Gasteiger partial charge in [-0.05, 0) is 50.2 Å². The molecule has 1 fully saturated rings. The van der Waals surface area contributed by atoms with Crippen molar-refractivity contribution in [2.75, 3.05) is 25.0 Å². The van der Waals surface area contributed by atoms with Crippen LogP contribution in [0.1, 0.15) is 23.2 Å². The third kappa shape index (κ3) is 2.69. The fourth-order valence-electron chi connectivity index (χ4n) is 2.91. The number of benzene rings is 1. The van der Waals surface area contributed by atoms with E-state index in [9.17, 15) is 9.90 Å². The lowest BCUT2D eigenvalue weighted by atomic mass is 10.0. The molecule has 2 N–H and O–H groups in total. The number of aromatic carboxylic acids is 1. The zero-order valence-corrected chi connectivity index (χ0v) is 12.0. The second-order valence-corrected chi connectivity index (χ2v) is 5.44.